The van der Waals surface area contributed by atoms with Gasteiger partial charge in [-0.05, 0) is 18.6 Å². The van der Waals surface area contributed by atoms with Gasteiger partial charge in [-0.2, -0.15) is 0 Å². The Hall–Kier alpha value is -1.78. The Balaban J connectivity index is 2.45. The van der Waals surface area contributed by atoms with E-state index < -0.39 is 5.82 Å². The number of anilines is 1. The molecule has 1 amide bonds. The fourth-order valence-electron chi connectivity index (χ4n) is 1.96. The molecule has 1 fully saturated rings. The summed E-state index contributed by atoms with van der Waals surface area (Å²) in [5, 5.41) is 2.75. The first-order chi connectivity index (χ1) is 7.63. The van der Waals surface area contributed by atoms with Gasteiger partial charge in [0.25, 0.3) is 0 Å². The van der Waals surface area contributed by atoms with Crippen molar-refractivity contribution in [3.63, 3.8) is 0 Å². The van der Waals surface area contributed by atoms with Crippen molar-refractivity contribution >= 4 is 11.6 Å². The van der Waals surface area contributed by atoms with Gasteiger partial charge in [0.1, 0.15) is 11.6 Å². The van der Waals surface area contributed by atoms with Gasteiger partial charge in [0.15, 0.2) is 0 Å². The van der Waals surface area contributed by atoms with E-state index in [1.54, 1.807) is 0 Å². The van der Waals surface area contributed by atoms with Crippen molar-refractivity contribution in [3.8, 4) is 5.75 Å². The van der Waals surface area contributed by atoms with Crippen LogP contribution in [-0.4, -0.2) is 13.0 Å². The molecule has 1 aliphatic heterocycles. The average Bonchev–Trinajstić information content (AvgIpc) is 2.68. The largest absolute Gasteiger partial charge is 0.496 e. The molecule has 0 bridgehead atoms. The molecule has 16 heavy (non-hydrogen) atoms. The van der Waals surface area contributed by atoms with Crippen molar-refractivity contribution < 1.29 is 13.9 Å². The molecule has 86 valence electrons. The Kier molecular flexibility index (Phi) is 2.68. The zero-order valence-electron chi connectivity index (χ0n) is 8.92. The molecule has 0 radical (unpaired) electrons. The molecule has 1 saturated heterocycles. The van der Waals surface area contributed by atoms with E-state index in [0.717, 1.165) is 0 Å². The second kappa shape index (κ2) is 4.00. The van der Waals surface area contributed by atoms with Crippen LogP contribution in [0.1, 0.15) is 24.4 Å². The van der Waals surface area contributed by atoms with Crippen molar-refractivity contribution in [1.82, 2.24) is 5.32 Å². The predicted octanol–water partition coefficient (Wildman–Crippen LogP) is 1.37. The Morgan fingerprint density at radius 2 is 2.31 bits per heavy atom. The number of carbonyl (C=O) groups is 1. The SMILES string of the molecule is COc1ccc(F)c(N)c1[C@H]1CCC(=O)N1. The molecule has 5 heteroatoms. The molecule has 2 rings (SSSR count). The minimum absolute atomic E-state index is 0.0456. The molecule has 1 aromatic rings. The zero-order chi connectivity index (χ0) is 11.7. The number of nitrogen functional groups attached to an aromatic ring is 1. The number of halogens is 1. The fourth-order valence-corrected chi connectivity index (χ4v) is 1.96. The molecular formula is C11H13FN2O2. The molecule has 1 aliphatic rings. The maximum Gasteiger partial charge on any atom is 0.220 e. The second-order valence-electron chi connectivity index (χ2n) is 3.74. The number of nitrogens with two attached hydrogens (primary N) is 1. The zero-order valence-corrected chi connectivity index (χ0v) is 8.92. The topological polar surface area (TPSA) is 64.3 Å². The van der Waals surface area contributed by atoms with Crippen LogP contribution in [-0.2, 0) is 4.79 Å². The summed E-state index contributed by atoms with van der Waals surface area (Å²) < 4.78 is 18.5. The molecule has 3 N–H and O–H groups in total. The summed E-state index contributed by atoms with van der Waals surface area (Å²) in [6, 6.07) is 2.53. The third-order valence-corrected chi connectivity index (χ3v) is 2.76. The third kappa shape index (κ3) is 1.68. The van der Waals surface area contributed by atoms with Crippen molar-refractivity contribution in [2.45, 2.75) is 18.9 Å². The molecule has 1 atom stereocenters. The molecular weight excluding hydrogens is 211 g/mol. The number of benzene rings is 1. The van der Waals surface area contributed by atoms with Crippen molar-refractivity contribution in [1.29, 1.82) is 0 Å². The van der Waals surface area contributed by atoms with Crippen molar-refractivity contribution in [3.05, 3.63) is 23.5 Å². The molecule has 0 saturated carbocycles. The Bertz CT molecular complexity index is 434. The van der Waals surface area contributed by atoms with Gasteiger partial charge >= 0.3 is 0 Å². The number of carbonyl (C=O) groups excluding carboxylic acids is 1. The minimum atomic E-state index is -0.489. The van der Waals surface area contributed by atoms with Gasteiger partial charge < -0.3 is 15.8 Å². The van der Waals surface area contributed by atoms with Gasteiger partial charge in [0, 0.05) is 12.0 Å². The molecule has 0 spiro atoms. The summed E-state index contributed by atoms with van der Waals surface area (Å²) in [6.45, 7) is 0. The van der Waals surface area contributed by atoms with Gasteiger partial charge in [0.2, 0.25) is 5.91 Å². The van der Waals surface area contributed by atoms with Crippen LogP contribution in [0.25, 0.3) is 0 Å². The quantitative estimate of drug-likeness (QED) is 0.746. The molecule has 4 nitrogen and oxygen atoms in total. The summed E-state index contributed by atoms with van der Waals surface area (Å²) in [5.74, 6) is -0.0289. The highest BCUT2D eigenvalue weighted by molar-refractivity contribution is 5.79. The number of ether oxygens (including phenoxy) is 1. The number of hydrogen-bond acceptors (Lipinski definition) is 3. The molecule has 1 heterocycles. The monoisotopic (exact) mass is 224 g/mol. The van der Waals surface area contributed by atoms with E-state index in [2.05, 4.69) is 5.32 Å². The van der Waals surface area contributed by atoms with Crippen LogP contribution in [0.2, 0.25) is 0 Å². The fraction of sp³-hybridized carbons (Fsp3) is 0.364. The molecule has 0 unspecified atom stereocenters. The number of rotatable bonds is 2. The number of hydrogen-bond donors (Lipinski definition) is 2. The first-order valence-corrected chi connectivity index (χ1v) is 5.04. The number of methoxy groups -OCH3 is 1. The van der Waals surface area contributed by atoms with Gasteiger partial charge in [-0.1, -0.05) is 0 Å². The summed E-state index contributed by atoms with van der Waals surface area (Å²) in [4.78, 5) is 11.1. The normalized spacial score (nSPS) is 19.6. The summed E-state index contributed by atoms with van der Waals surface area (Å²) in [7, 11) is 1.49. The van der Waals surface area contributed by atoms with Crippen LogP contribution in [0.4, 0.5) is 10.1 Å². The van der Waals surface area contributed by atoms with Crippen LogP contribution >= 0.6 is 0 Å². The van der Waals surface area contributed by atoms with Crippen molar-refractivity contribution in [2.24, 2.45) is 0 Å². The highest BCUT2D eigenvalue weighted by Gasteiger charge is 2.27. The van der Waals surface area contributed by atoms with Gasteiger partial charge in [-0.3, -0.25) is 4.79 Å². The number of amides is 1. The highest BCUT2D eigenvalue weighted by Crippen LogP contribution is 2.36. The second-order valence-corrected chi connectivity index (χ2v) is 3.74. The predicted molar refractivity (Wildman–Crippen MR) is 57.5 cm³/mol. The lowest BCUT2D eigenvalue weighted by Gasteiger charge is -2.17. The first-order valence-electron chi connectivity index (χ1n) is 5.04. The number of nitrogens with one attached hydrogen (secondary N) is 1. The summed E-state index contributed by atoms with van der Waals surface area (Å²) >= 11 is 0. The average molecular weight is 224 g/mol. The maximum atomic E-state index is 13.4. The van der Waals surface area contributed by atoms with Crippen LogP contribution in [0.3, 0.4) is 0 Å². The summed E-state index contributed by atoms with van der Waals surface area (Å²) in [5.41, 5.74) is 6.26. The molecule has 0 aliphatic carbocycles. The first kappa shape index (κ1) is 10.7. The van der Waals surface area contributed by atoms with Crippen LogP contribution in [0.15, 0.2) is 12.1 Å². The lowest BCUT2D eigenvalue weighted by Crippen LogP contribution is -2.20. The highest BCUT2D eigenvalue weighted by atomic mass is 19.1. The van der Waals surface area contributed by atoms with E-state index in [-0.39, 0.29) is 17.6 Å². The van der Waals surface area contributed by atoms with E-state index in [1.807, 2.05) is 0 Å². The van der Waals surface area contributed by atoms with E-state index in [9.17, 15) is 9.18 Å². The molecule has 0 aromatic heterocycles. The minimum Gasteiger partial charge on any atom is -0.496 e. The Morgan fingerprint density at radius 3 is 2.88 bits per heavy atom. The van der Waals surface area contributed by atoms with Crippen LogP contribution in [0.5, 0.6) is 5.75 Å². The smallest absolute Gasteiger partial charge is 0.220 e. The van der Waals surface area contributed by atoms with Crippen molar-refractivity contribution in [2.75, 3.05) is 12.8 Å². The van der Waals surface area contributed by atoms with E-state index in [0.29, 0.717) is 24.2 Å². The Labute approximate surface area is 92.6 Å². The van der Waals surface area contributed by atoms with E-state index >= 15 is 0 Å². The lowest BCUT2D eigenvalue weighted by atomic mass is 10.0. The third-order valence-electron chi connectivity index (χ3n) is 2.76. The lowest BCUT2D eigenvalue weighted by molar-refractivity contribution is -0.119. The van der Waals surface area contributed by atoms with Gasteiger partial charge in [-0.25, -0.2) is 4.39 Å². The Morgan fingerprint density at radius 1 is 1.56 bits per heavy atom. The maximum absolute atomic E-state index is 13.4. The van der Waals surface area contributed by atoms with Gasteiger partial charge in [-0.15, -0.1) is 0 Å². The molecule has 1 aromatic carbocycles. The van der Waals surface area contributed by atoms with Gasteiger partial charge in [0.05, 0.1) is 18.8 Å². The van der Waals surface area contributed by atoms with E-state index in [4.69, 9.17) is 10.5 Å². The van der Waals surface area contributed by atoms with E-state index in [1.165, 1.54) is 19.2 Å². The summed E-state index contributed by atoms with van der Waals surface area (Å²) in [6.07, 6.45) is 1.05. The standard InChI is InChI=1S/C11H13FN2O2/c1-16-8-4-2-6(12)11(13)10(8)7-3-5-9(15)14-7/h2,4,7H,3,5,13H2,1H3,(H,14,15)/t7-/m1/s1. The van der Waals surface area contributed by atoms with Crippen LogP contribution < -0.4 is 15.8 Å². The van der Waals surface area contributed by atoms with Crippen LogP contribution in [0, 0.1) is 5.82 Å².